The van der Waals surface area contributed by atoms with E-state index in [4.69, 9.17) is 4.74 Å². The maximum atomic E-state index is 12.1. The molecule has 5 nitrogen and oxygen atoms in total. The van der Waals surface area contributed by atoms with E-state index in [-0.39, 0.29) is 35.0 Å². The minimum atomic E-state index is -0.254. The van der Waals surface area contributed by atoms with Gasteiger partial charge in [0.2, 0.25) is 0 Å². The maximum Gasteiger partial charge on any atom is 0.180 e. The lowest BCUT2D eigenvalue weighted by atomic mass is 10.1. The van der Waals surface area contributed by atoms with Gasteiger partial charge in [-0.25, -0.2) is 0 Å². The van der Waals surface area contributed by atoms with E-state index >= 15 is 0 Å². The molecule has 0 saturated carbocycles. The Balaban J connectivity index is 2.04. The van der Waals surface area contributed by atoms with E-state index in [0.717, 1.165) is 0 Å². The summed E-state index contributed by atoms with van der Waals surface area (Å²) >= 11 is 0. The van der Waals surface area contributed by atoms with Crippen molar-refractivity contribution in [1.29, 1.82) is 0 Å². The first-order valence-electron chi connectivity index (χ1n) is 6.29. The molecule has 0 spiro atoms. The number of ether oxygens (including phenoxy) is 1. The molecule has 5 heteroatoms. The normalized spacial score (nSPS) is 19.3. The van der Waals surface area contributed by atoms with Gasteiger partial charge in [0.05, 0.1) is 24.3 Å². The summed E-state index contributed by atoms with van der Waals surface area (Å²) < 4.78 is 5.59. The first kappa shape index (κ1) is 13.8. The fraction of sp³-hybridized carbons (Fsp3) is 0.500. The number of ketones is 1. The van der Waals surface area contributed by atoms with Gasteiger partial charge in [-0.3, -0.25) is 9.69 Å². The number of carbonyl (C=O) groups excluding carboxylic acids is 1. The van der Waals surface area contributed by atoms with E-state index in [9.17, 15) is 15.0 Å². The number of aromatic hydroxyl groups is 2. The second-order valence-corrected chi connectivity index (χ2v) is 5.44. The summed E-state index contributed by atoms with van der Waals surface area (Å²) in [5, 5.41) is 18.9. The average molecular weight is 265 g/mol. The third-order valence-corrected chi connectivity index (χ3v) is 3.15. The molecule has 1 aliphatic heterocycles. The summed E-state index contributed by atoms with van der Waals surface area (Å²) in [6.07, 6.45) is 0. The third-order valence-electron chi connectivity index (χ3n) is 3.15. The molecule has 1 fully saturated rings. The molecule has 1 aromatic rings. The van der Waals surface area contributed by atoms with Crippen LogP contribution in [-0.4, -0.2) is 52.7 Å². The summed E-state index contributed by atoms with van der Waals surface area (Å²) in [5.74, 6) is -0.394. The lowest BCUT2D eigenvalue weighted by molar-refractivity contribution is -0.0833. The molecular formula is C14H19NO4. The standard InChI is InChI=1S/C14H19NO4/c1-14(2)9-15(5-6-19-14)8-13(18)11-4-3-10(16)7-12(11)17/h3-4,7,16-17H,5-6,8-9H2,1-2H3. The highest BCUT2D eigenvalue weighted by molar-refractivity contribution is 6.00. The number of hydrogen-bond donors (Lipinski definition) is 2. The second kappa shape index (κ2) is 5.19. The molecule has 0 bridgehead atoms. The molecule has 1 aliphatic rings. The van der Waals surface area contributed by atoms with Crippen molar-refractivity contribution in [2.75, 3.05) is 26.2 Å². The van der Waals surface area contributed by atoms with Crippen LogP contribution in [-0.2, 0) is 4.74 Å². The molecule has 0 unspecified atom stereocenters. The predicted molar refractivity (Wildman–Crippen MR) is 70.6 cm³/mol. The fourth-order valence-electron chi connectivity index (χ4n) is 2.29. The number of rotatable bonds is 3. The average Bonchev–Trinajstić information content (AvgIpc) is 2.27. The van der Waals surface area contributed by atoms with Crippen molar-refractivity contribution in [3.63, 3.8) is 0 Å². The highest BCUT2D eigenvalue weighted by Crippen LogP contribution is 2.24. The number of nitrogens with zero attached hydrogens (tertiary/aromatic N) is 1. The summed E-state index contributed by atoms with van der Waals surface area (Å²) in [4.78, 5) is 14.1. The van der Waals surface area contributed by atoms with Gasteiger partial charge in [-0.15, -0.1) is 0 Å². The fourth-order valence-corrected chi connectivity index (χ4v) is 2.29. The van der Waals surface area contributed by atoms with Crippen LogP contribution in [0.5, 0.6) is 11.5 Å². The Morgan fingerprint density at radius 2 is 2.16 bits per heavy atom. The largest absolute Gasteiger partial charge is 0.508 e. The molecule has 2 rings (SSSR count). The lowest BCUT2D eigenvalue weighted by Gasteiger charge is -2.37. The Bertz CT molecular complexity index is 484. The third kappa shape index (κ3) is 3.45. The topological polar surface area (TPSA) is 70.0 Å². The number of phenolic OH excluding ortho intramolecular Hbond substituents is 2. The predicted octanol–water partition coefficient (Wildman–Crippen LogP) is 1.39. The smallest absolute Gasteiger partial charge is 0.180 e. The summed E-state index contributed by atoms with van der Waals surface area (Å²) in [6, 6.07) is 4.02. The highest BCUT2D eigenvalue weighted by atomic mass is 16.5. The van der Waals surface area contributed by atoms with Gasteiger partial charge in [-0.2, -0.15) is 0 Å². The molecule has 1 heterocycles. The highest BCUT2D eigenvalue weighted by Gasteiger charge is 2.28. The molecule has 2 N–H and O–H groups in total. The van der Waals surface area contributed by atoms with E-state index in [2.05, 4.69) is 0 Å². The van der Waals surface area contributed by atoms with Crippen LogP contribution in [0.1, 0.15) is 24.2 Å². The zero-order valence-electron chi connectivity index (χ0n) is 11.2. The van der Waals surface area contributed by atoms with Gasteiger partial charge in [0.25, 0.3) is 0 Å². The van der Waals surface area contributed by atoms with Crippen molar-refractivity contribution in [1.82, 2.24) is 4.90 Å². The maximum absolute atomic E-state index is 12.1. The van der Waals surface area contributed by atoms with Crippen LogP contribution in [0.15, 0.2) is 18.2 Å². The molecule has 0 atom stereocenters. The molecule has 0 radical (unpaired) electrons. The van der Waals surface area contributed by atoms with Gasteiger partial charge in [0, 0.05) is 19.2 Å². The van der Waals surface area contributed by atoms with Crippen molar-refractivity contribution >= 4 is 5.78 Å². The lowest BCUT2D eigenvalue weighted by Crippen LogP contribution is -2.49. The van der Waals surface area contributed by atoms with Crippen LogP contribution in [0.2, 0.25) is 0 Å². The molecule has 1 saturated heterocycles. The molecular weight excluding hydrogens is 246 g/mol. The van der Waals surface area contributed by atoms with E-state index in [0.29, 0.717) is 19.7 Å². The van der Waals surface area contributed by atoms with Gasteiger partial charge < -0.3 is 14.9 Å². The van der Waals surface area contributed by atoms with Crippen molar-refractivity contribution < 1.29 is 19.7 Å². The van der Waals surface area contributed by atoms with Crippen LogP contribution in [0.4, 0.5) is 0 Å². The Kier molecular flexibility index (Phi) is 3.78. The Morgan fingerprint density at radius 3 is 2.79 bits per heavy atom. The van der Waals surface area contributed by atoms with Crippen LogP contribution < -0.4 is 0 Å². The number of Topliss-reactive ketones (excluding diaryl/α,β-unsaturated/α-hetero) is 1. The first-order valence-corrected chi connectivity index (χ1v) is 6.29. The number of morpholine rings is 1. The molecule has 0 aromatic heterocycles. The Hall–Kier alpha value is -1.59. The van der Waals surface area contributed by atoms with E-state index < -0.39 is 0 Å². The molecule has 104 valence electrons. The van der Waals surface area contributed by atoms with Crippen LogP contribution in [0.3, 0.4) is 0 Å². The van der Waals surface area contributed by atoms with E-state index in [1.54, 1.807) is 0 Å². The van der Waals surface area contributed by atoms with Gasteiger partial charge in [0.15, 0.2) is 5.78 Å². The van der Waals surface area contributed by atoms with Crippen LogP contribution >= 0.6 is 0 Å². The van der Waals surface area contributed by atoms with E-state index in [1.165, 1.54) is 18.2 Å². The summed E-state index contributed by atoms with van der Waals surface area (Å²) in [7, 11) is 0. The van der Waals surface area contributed by atoms with Crippen molar-refractivity contribution in [3.05, 3.63) is 23.8 Å². The van der Waals surface area contributed by atoms with Crippen molar-refractivity contribution in [3.8, 4) is 11.5 Å². The summed E-state index contributed by atoms with van der Waals surface area (Å²) in [5.41, 5.74) is -0.0164. The second-order valence-electron chi connectivity index (χ2n) is 5.44. The Morgan fingerprint density at radius 1 is 1.42 bits per heavy atom. The van der Waals surface area contributed by atoms with Crippen LogP contribution in [0, 0.1) is 0 Å². The Labute approximate surface area is 112 Å². The molecule has 0 amide bonds. The zero-order valence-corrected chi connectivity index (χ0v) is 11.2. The van der Waals surface area contributed by atoms with Crippen LogP contribution in [0.25, 0.3) is 0 Å². The van der Waals surface area contributed by atoms with Gasteiger partial charge in [-0.1, -0.05) is 0 Å². The minimum Gasteiger partial charge on any atom is -0.508 e. The summed E-state index contributed by atoms with van der Waals surface area (Å²) in [6.45, 7) is 6.20. The van der Waals surface area contributed by atoms with Gasteiger partial charge >= 0.3 is 0 Å². The molecule has 19 heavy (non-hydrogen) atoms. The number of phenols is 2. The number of benzene rings is 1. The monoisotopic (exact) mass is 265 g/mol. The SMILES string of the molecule is CC1(C)CN(CC(=O)c2ccc(O)cc2O)CCO1. The van der Waals surface area contributed by atoms with Gasteiger partial charge in [-0.05, 0) is 26.0 Å². The van der Waals surface area contributed by atoms with Crippen molar-refractivity contribution in [2.45, 2.75) is 19.4 Å². The number of hydrogen-bond acceptors (Lipinski definition) is 5. The minimum absolute atomic E-state index is 0.0541. The molecule has 1 aromatic carbocycles. The number of carbonyl (C=O) groups is 1. The zero-order chi connectivity index (χ0) is 14.0. The van der Waals surface area contributed by atoms with E-state index in [1.807, 2.05) is 18.7 Å². The molecule has 0 aliphatic carbocycles. The van der Waals surface area contributed by atoms with Crippen molar-refractivity contribution in [2.24, 2.45) is 0 Å². The quantitative estimate of drug-likeness (QED) is 0.808. The first-order chi connectivity index (χ1) is 8.87. The van der Waals surface area contributed by atoms with Gasteiger partial charge in [0.1, 0.15) is 11.5 Å².